The van der Waals surface area contributed by atoms with Gasteiger partial charge >= 0.3 is 0 Å². The van der Waals surface area contributed by atoms with E-state index in [1.165, 1.54) is 0 Å². The molecule has 4 nitrogen and oxygen atoms in total. The number of amides is 1. The van der Waals surface area contributed by atoms with E-state index >= 15 is 0 Å². The van der Waals surface area contributed by atoms with Crippen LogP contribution in [0.1, 0.15) is 41.6 Å². The monoisotopic (exact) mass is 353 g/mol. The van der Waals surface area contributed by atoms with Crippen molar-refractivity contribution in [3.8, 4) is 0 Å². The molecule has 114 valence electrons. The SMILES string of the molecule is Cc1cc(Br)cc(C(=O)NC2CCC3(CC2)OCCO3)c1. The van der Waals surface area contributed by atoms with Crippen LogP contribution in [0.4, 0.5) is 0 Å². The summed E-state index contributed by atoms with van der Waals surface area (Å²) in [6.07, 6.45) is 3.52. The van der Waals surface area contributed by atoms with Crippen molar-refractivity contribution in [1.29, 1.82) is 0 Å². The quantitative estimate of drug-likeness (QED) is 0.888. The van der Waals surface area contributed by atoms with Crippen LogP contribution in [0, 0.1) is 6.92 Å². The molecule has 1 heterocycles. The number of hydrogen-bond donors (Lipinski definition) is 1. The summed E-state index contributed by atoms with van der Waals surface area (Å²) in [5.74, 6) is -0.373. The van der Waals surface area contributed by atoms with Gasteiger partial charge in [0.25, 0.3) is 5.91 Å². The first-order valence-corrected chi connectivity index (χ1v) is 8.22. The zero-order valence-electron chi connectivity index (χ0n) is 12.2. The number of rotatable bonds is 2. The summed E-state index contributed by atoms with van der Waals surface area (Å²) < 4.78 is 12.4. The molecule has 1 aliphatic heterocycles. The fourth-order valence-corrected chi connectivity index (χ4v) is 3.73. The number of hydrogen-bond acceptors (Lipinski definition) is 3. The Labute approximate surface area is 133 Å². The second kappa shape index (κ2) is 6.07. The Balaban J connectivity index is 1.58. The van der Waals surface area contributed by atoms with Crippen molar-refractivity contribution in [3.05, 3.63) is 33.8 Å². The highest BCUT2D eigenvalue weighted by atomic mass is 79.9. The lowest BCUT2D eigenvalue weighted by molar-refractivity contribution is -0.179. The Morgan fingerprint density at radius 1 is 1.24 bits per heavy atom. The van der Waals surface area contributed by atoms with Crippen LogP contribution >= 0.6 is 15.9 Å². The normalized spacial score (nSPS) is 21.6. The molecule has 0 bridgehead atoms. The molecule has 2 aliphatic rings. The van der Waals surface area contributed by atoms with Crippen molar-refractivity contribution >= 4 is 21.8 Å². The molecule has 1 saturated carbocycles. The van der Waals surface area contributed by atoms with E-state index in [2.05, 4.69) is 21.2 Å². The van der Waals surface area contributed by atoms with Gasteiger partial charge in [-0.1, -0.05) is 15.9 Å². The highest BCUT2D eigenvalue weighted by molar-refractivity contribution is 9.10. The van der Waals surface area contributed by atoms with Crippen molar-refractivity contribution in [3.63, 3.8) is 0 Å². The third kappa shape index (κ3) is 3.47. The molecular weight excluding hydrogens is 334 g/mol. The van der Waals surface area contributed by atoms with E-state index in [0.717, 1.165) is 35.7 Å². The molecule has 1 amide bonds. The zero-order valence-corrected chi connectivity index (χ0v) is 13.7. The first-order chi connectivity index (χ1) is 10.1. The topological polar surface area (TPSA) is 47.6 Å². The van der Waals surface area contributed by atoms with Gasteiger partial charge in [-0.25, -0.2) is 0 Å². The lowest BCUT2D eigenvalue weighted by atomic mass is 9.90. The fraction of sp³-hybridized carbons (Fsp3) is 0.562. The molecule has 0 atom stereocenters. The smallest absolute Gasteiger partial charge is 0.251 e. The number of carbonyl (C=O) groups is 1. The van der Waals surface area contributed by atoms with Gasteiger partial charge in [-0.15, -0.1) is 0 Å². The number of ether oxygens (including phenoxy) is 2. The van der Waals surface area contributed by atoms with E-state index in [0.29, 0.717) is 18.8 Å². The average molecular weight is 354 g/mol. The lowest BCUT2D eigenvalue weighted by Gasteiger charge is -2.35. The lowest BCUT2D eigenvalue weighted by Crippen LogP contribution is -2.44. The van der Waals surface area contributed by atoms with Crippen molar-refractivity contribution in [1.82, 2.24) is 5.32 Å². The highest BCUT2D eigenvalue weighted by Crippen LogP contribution is 2.35. The maximum Gasteiger partial charge on any atom is 0.251 e. The van der Waals surface area contributed by atoms with Crippen LogP contribution in [0.3, 0.4) is 0 Å². The second-order valence-electron chi connectivity index (χ2n) is 5.87. The molecule has 2 fully saturated rings. The van der Waals surface area contributed by atoms with Gasteiger partial charge < -0.3 is 14.8 Å². The van der Waals surface area contributed by atoms with Crippen molar-refractivity contribution in [2.24, 2.45) is 0 Å². The predicted molar refractivity (Wildman–Crippen MR) is 83.2 cm³/mol. The number of halogens is 1. The number of carbonyl (C=O) groups excluding carboxylic acids is 1. The summed E-state index contributed by atoms with van der Waals surface area (Å²) in [6, 6.07) is 5.97. The van der Waals surface area contributed by atoms with Gasteiger partial charge in [0.1, 0.15) is 0 Å². The van der Waals surface area contributed by atoms with Gasteiger partial charge in [0.05, 0.1) is 13.2 Å². The summed E-state index contributed by atoms with van der Waals surface area (Å²) in [5.41, 5.74) is 1.78. The van der Waals surface area contributed by atoms with Crippen molar-refractivity contribution in [2.75, 3.05) is 13.2 Å². The molecule has 5 heteroatoms. The minimum absolute atomic E-state index is 0.00592. The molecule has 0 unspecified atom stereocenters. The van der Waals surface area contributed by atoms with Gasteiger partial charge in [-0.05, 0) is 43.5 Å². The largest absolute Gasteiger partial charge is 0.349 e. The van der Waals surface area contributed by atoms with Crippen LogP contribution in [-0.4, -0.2) is 30.9 Å². The molecule has 0 radical (unpaired) electrons. The van der Waals surface area contributed by atoms with E-state index in [-0.39, 0.29) is 17.7 Å². The number of aryl methyl sites for hydroxylation is 1. The fourth-order valence-electron chi connectivity index (χ4n) is 3.12. The van der Waals surface area contributed by atoms with Gasteiger partial charge in [-0.3, -0.25) is 4.79 Å². The Bertz CT molecular complexity index is 510. The van der Waals surface area contributed by atoms with Crippen molar-refractivity contribution in [2.45, 2.75) is 44.4 Å². The molecule has 1 N–H and O–H groups in total. The average Bonchev–Trinajstić information content (AvgIpc) is 2.89. The number of benzene rings is 1. The van der Waals surface area contributed by atoms with Crippen LogP contribution in [0.5, 0.6) is 0 Å². The summed E-state index contributed by atoms with van der Waals surface area (Å²) in [4.78, 5) is 12.3. The van der Waals surface area contributed by atoms with Crippen LogP contribution in [0.25, 0.3) is 0 Å². The van der Waals surface area contributed by atoms with Gasteiger partial charge in [0.2, 0.25) is 0 Å². The van der Waals surface area contributed by atoms with Crippen molar-refractivity contribution < 1.29 is 14.3 Å². The standard InChI is InChI=1S/C16H20BrNO3/c1-11-8-12(10-13(17)9-11)15(19)18-14-2-4-16(5-3-14)20-6-7-21-16/h8-10,14H,2-7H2,1H3,(H,18,19). The number of nitrogens with one attached hydrogen (secondary N) is 1. The summed E-state index contributed by atoms with van der Waals surface area (Å²) >= 11 is 3.43. The third-order valence-electron chi connectivity index (χ3n) is 4.20. The maximum absolute atomic E-state index is 12.3. The first kappa shape index (κ1) is 15.0. The van der Waals surface area contributed by atoms with Gasteiger partial charge in [0, 0.05) is 28.9 Å². The molecule has 21 heavy (non-hydrogen) atoms. The van der Waals surface area contributed by atoms with Crippen LogP contribution in [0.15, 0.2) is 22.7 Å². The molecule has 1 saturated heterocycles. The maximum atomic E-state index is 12.3. The molecule has 1 spiro atoms. The molecule has 1 aliphatic carbocycles. The Hall–Kier alpha value is -0.910. The minimum Gasteiger partial charge on any atom is -0.349 e. The second-order valence-corrected chi connectivity index (χ2v) is 6.79. The Morgan fingerprint density at radius 3 is 2.52 bits per heavy atom. The summed E-state index contributed by atoms with van der Waals surface area (Å²) in [5, 5.41) is 3.13. The Morgan fingerprint density at radius 2 is 1.90 bits per heavy atom. The van der Waals surface area contributed by atoms with E-state index in [1.54, 1.807) is 0 Å². The van der Waals surface area contributed by atoms with Crippen LogP contribution in [0.2, 0.25) is 0 Å². The van der Waals surface area contributed by atoms with Gasteiger partial charge in [0.15, 0.2) is 5.79 Å². The first-order valence-electron chi connectivity index (χ1n) is 7.42. The van der Waals surface area contributed by atoms with E-state index in [9.17, 15) is 4.79 Å². The Kier molecular flexibility index (Phi) is 4.33. The van der Waals surface area contributed by atoms with E-state index in [4.69, 9.17) is 9.47 Å². The zero-order chi connectivity index (χ0) is 14.9. The predicted octanol–water partition coefficient (Wildman–Crippen LogP) is 3.17. The van der Waals surface area contributed by atoms with E-state index in [1.807, 2.05) is 25.1 Å². The minimum atomic E-state index is -0.367. The highest BCUT2D eigenvalue weighted by Gasteiger charge is 2.40. The van der Waals surface area contributed by atoms with Crippen LogP contribution < -0.4 is 5.32 Å². The molecule has 1 aromatic rings. The molecule has 0 aromatic heterocycles. The van der Waals surface area contributed by atoms with Crippen LogP contribution in [-0.2, 0) is 9.47 Å². The summed E-state index contributed by atoms with van der Waals surface area (Å²) in [7, 11) is 0. The molecular formula is C16H20BrNO3. The third-order valence-corrected chi connectivity index (χ3v) is 4.66. The molecule has 3 rings (SSSR count). The molecule has 1 aromatic carbocycles. The summed E-state index contributed by atoms with van der Waals surface area (Å²) in [6.45, 7) is 3.36. The van der Waals surface area contributed by atoms with E-state index < -0.39 is 0 Å². The van der Waals surface area contributed by atoms with Gasteiger partial charge in [-0.2, -0.15) is 0 Å².